The molecule has 1 unspecified atom stereocenters. The lowest BCUT2D eigenvalue weighted by Crippen LogP contribution is -2.56. The van der Waals surface area contributed by atoms with Crippen LogP contribution in [-0.2, 0) is 9.59 Å². The molecule has 0 radical (unpaired) electrons. The molecule has 0 aliphatic rings. The van der Waals surface area contributed by atoms with Crippen molar-refractivity contribution in [2.45, 2.75) is 115 Å². The second-order valence-corrected chi connectivity index (χ2v) is 9.80. The summed E-state index contributed by atoms with van der Waals surface area (Å²) in [5.41, 5.74) is -1.83. The number of ketones is 1. The molecule has 0 fully saturated rings. The summed E-state index contributed by atoms with van der Waals surface area (Å²) in [6, 6.07) is 0. The highest BCUT2D eigenvalue weighted by atomic mass is 16.4. The first-order valence-electron chi connectivity index (χ1n) is 11.9. The molecule has 0 aromatic heterocycles. The maximum atomic E-state index is 12.4. The molecule has 0 aliphatic carbocycles. The fraction of sp³-hybridized carbons (Fsp3) is 0.917. The standard InChI is InChI=1S/C24H47NO4/c1-5-6-7-8-9-10-11-12-13-14-15-16-17-18-19-22(26)24(29,20-23(27)28)21-25(2,3)4/h29H,5-21H2,1-4H3. The maximum Gasteiger partial charge on any atom is 0.177 e. The summed E-state index contributed by atoms with van der Waals surface area (Å²) < 4.78 is 0.328. The van der Waals surface area contributed by atoms with E-state index >= 15 is 0 Å². The van der Waals surface area contributed by atoms with Crippen LogP contribution in [0.5, 0.6) is 0 Å². The van der Waals surface area contributed by atoms with Gasteiger partial charge >= 0.3 is 0 Å². The van der Waals surface area contributed by atoms with E-state index in [0.717, 1.165) is 12.8 Å². The molecule has 29 heavy (non-hydrogen) atoms. The molecule has 0 bridgehead atoms. The first-order chi connectivity index (χ1) is 13.6. The minimum absolute atomic E-state index is 0.0818. The third-order valence-electron chi connectivity index (χ3n) is 5.45. The van der Waals surface area contributed by atoms with Crippen molar-refractivity contribution >= 4 is 11.8 Å². The molecule has 0 rings (SSSR count). The number of nitrogens with zero attached hydrogens (tertiary/aromatic N) is 1. The average Bonchev–Trinajstić information content (AvgIpc) is 2.59. The highest BCUT2D eigenvalue weighted by Gasteiger charge is 2.40. The van der Waals surface area contributed by atoms with E-state index in [9.17, 15) is 19.8 Å². The number of carboxylic acid groups (broad SMARTS) is 1. The Labute approximate surface area is 179 Å². The van der Waals surface area contributed by atoms with Gasteiger partial charge in [0, 0.05) is 18.8 Å². The number of hydrogen-bond acceptors (Lipinski definition) is 4. The van der Waals surface area contributed by atoms with Crippen molar-refractivity contribution in [3.8, 4) is 0 Å². The molecule has 5 nitrogen and oxygen atoms in total. The third-order valence-corrected chi connectivity index (χ3v) is 5.45. The van der Waals surface area contributed by atoms with Gasteiger partial charge in [-0.25, -0.2) is 0 Å². The molecule has 1 N–H and O–H groups in total. The quantitative estimate of drug-likeness (QED) is 0.242. The lowest BCUT2D eigenvalue weighted by atomic mass is 9.89. The van der Waals surface area contributed by atoms with Crippen molar-refractivity contribution in [3.05, 3.63) is 0 Å². The molecule has 0 amide bonds. The van der Waals surface area contributed by atoms with Crippen molar-refractivity contribution < 1.29 is 24.3 Å². The summed E-state index contributed by atoms with van der Waals surface area (Å²) in [4.78, 5) is 23.4. The Kier molecular flexibility index (Phi) is 15.3. The fourth-order valence-electron chi connectivity index (χ4n) is 3.98. The molecule has 0 spiro atoms. The maximum absolute atomic E-state index is 12.4. The van der Waals surface area contributed by atoms with E-state index < -0.39 is 18.0 Å². The Hall–Kier alpha value is -0.940. The van der Waals surface area contributed by atoms with Crippen LogP contribution in [0, 0.1) is 0 Å². The number of aliphatic hydroxyl groups is 1. The van der Waals surface area contributed by atoms with Gasteiger partial charge in [0.15, 0.2) is 11.4 Å². The Morgan fingerprint density at radius 1 is 0.759 bits per heavy atom. The third kappa shape index (κ3) is 16.5. The predicted octanol–water partition coefficient (Wildman–Crippen LogP) is 4.00. The van der Waals surface area contributed by atoms with Crippen LogP contribution < -0.4 is 5.11 Å². The molecule has 0 aromatic rings. The summed E-state index contributed by atoms with van der Waals surface area (Å²) in [5.74, 6) is -1.75. The average molecular weight is 414 g/mol. The normalized spacial score (nSPS) is 14.0. The van der Waals surface area contributed by atoms with E-state index in [1.807, 2.05) is 21.1 Å². The second kappa shape index (κ2) is 15.8. The SMILES string of the molecule is CCCCCCCCCCCCCCCCC(=O)C(O)(CC(=O)[O-])C[N+](C)(C)C. The summed E-state index contributed by atoms with van der Waals surface area (Å²) >= 11 is 0. The lowest BCUT2D eigenvalue weighted by Gasteiger charge is -2.34. The number of Topliss-reactive ketones (excluding diaryl/α,β-unsaturated/α-hetero) is 1. The number of aliphatic carboxylic acids is 1. The zero-order valence-electron chi connectivity index (χ0n) is 19.6. The van der Waals surface area contributed by atoms with Crippen molar-refractivity contribution in [3.63, 3.8) is 0 Å². The molecule has 5 heteroatoms. The van der Waals surface area contributed by atoms with Gasteiger partial charge in [-0.05, 0) is 6.42 Å². The van der Waals surface area contributed by atoms with Crippen LogP contribution >= 0.6 is 0 Å². The van der Waals surface area contributed by atoms with E-state index in [2.05, 4.69) is 6.92 Å². The van der Waals surface area contributed by atoms with Crippen LogP contribution in [0.2, 0.25) is 0 Å². The molecular weight excluding hydrogens is 366 g/mol. The molecule has 0 aliphatic heterocycles. The molecule has 0 heterocycles. The number of carboxylic acids is 1. The highest BCUT2D eigenvalue weighted by molar-refractivity contribution is 5.90. The molecule has 1 atom stereocenters. The number of rotatable bonds is 20. The van der Waals surface area contributed by atoms with Crippen molar-refractivity contribution in [2.75, 3.05) is 27.7 Å². The minimum Gasteiger partial charge on any atom is -0.550 e. The van der Waals surface area contributed by atoms with Gasteiger partial charge in [-0.2, -0.15) is 0 Å². The summed E-state index contributed by atoms with van der Waals surface area (Å²) in [6.45, 7) is 2.33. The van der Waals surface area contributed by atoms with Crippen LogP contribution in [0.15, 0.2) is 0 Å². The van der Waals surface area contributed by atoms with Crippen LogP contribution in [0.25, 0.3) is 0 Å². The van der Waals surface area contributed by atoms with Gasteiger partial charge in [-0.3, -0.25) is 4.79 Å². The second-order valence-electron chi connectivity index (χ2n) is 9.80. The minimum atomic E-state index is -1.83. The number of unbranched alkanes of at least 4 members (excludes halogenated alkanes) is 13. The van der Waals surface area contributed by atoms with Crippen molar-refractivity contribution in [2.24, 2.45) is 0 Å². The van der Waals surface area contributed by atoms with Gasteiger partial charge in [-0.1, -0.05) is 90.4 Å². The van der Waals surface area contributed by atoms with E-state index in [1.165, 1.54) is 70.6 Å². The van der Waals surface area contributed by atoms with Gasteiger partial charge in [0.1, 0.15) is 6.54 Å². The zero-order valence-corrected chi connectivity index (χ0v) is 19.6. The first-order valence-corrected chi connectivity index (χ1v) is 11.9. The van der Waals surface area contributed by atoms with Crippen LogP contribution in [0.3, 0.4) is 0 Å². The van der Waals surface area contributed by atoms with E-state index in [4.69, 9.17) is 0 Å². The van der Waals surface area contributed by atoms with Gasteiger partial charge in [-0.15, -0.1) is 0 Å². The molecular formula is C24H47NO4. The monoisotopic (exact) mass is 413 g/mol. The number of carbonyl (C=O) groups excluding carboxylic acids is 2. The number of hydrogen-bond donors (Lipinski definition) is 1. The molecule has 0 saturated carbocycles. The van der Waals surface area contributed by atoms with Crippen LogP contribution in [0.4, 0.5) is 0 Å². The van der Waals surface area contributed by atoms with Gasteiger partial charge in [0.05, 0.1) is 21.1 Å². The van der Waals surface area contributed by atoms with Gasteiger partial charge < -0.3 is 19.5 Å². The van der Waals surface area contributed by atoms with Crippen LogP contribution in [-0.4, -0.2) is 54.6 Å². The number of likely N-dealkylation sites (N-methyl/N-ethyl adjacent to an activating group) is 1. The largest absolute Gasteiger partial charge is 0.550 e. The van der Waals surface area contributed by atoms with Crippen LogP contribution in [0.1, 0.15) is 110 Å². The van der Waals surface area contributed by atoms with Gasteiger partial charge in [0.25, 0.3) is 0 Å². The number of carbonyl (C=O) groups is 2. The Morgan fingerprint density at radius 2 is 1.14 bits per heavy atom. The Balaban J connectivity index is 3.79. The zero-order chi connectivity index (χ0) is 22.2. The number of quaternary nitrogens is 1. The summed E-state index contributed by atoms with van der Waals surface area (Å²) in [6.07, 6.45) is 17.0. The predicted molar refractivity (Wildman–Crippen MR) is 117 cm³/mol. The molecule has 0 aromatic carbocycles. The Morgan fingerprint density at radius 3 is 1.48 bits per heavy atom. The first kappa shape index (κ1) is 28.1. The summed E-state index contributed by atoms with van der Waals surface area (Å²) in [7, 11) is 5.50. The van der Waals surface area contributed by atoms with E-state index in [0.29, 0.717) is 10.9 Å². The highest BCUT2D eigenvalue weighted by Crippen LogP contribution is 2.20. The fourth-order valence-corrected chi connectivity index (χ4v) is 3.98. The van der Waals surface area contributed by atoms with Gasteiger partial charge in [0.2, 0.25) is 0 Å². The van der Waals surface area contributed by atoms with Crippen molar-refractivity contribution in [1.82, 2.24) is 0 Å². The topological polar surface area (TPSA) is 77.4 Å². The Bertz CT molecular complexity index is 445. The van der Waals surface area contributed by atoms with E-state index in [-0.39, 0.29) is 18.7 Å². The summed E-state index contributed by atoms with van der Waals surface area (Å²) in [5, 5.41) is 21.6. The molecule has 0 saturated heterocycles. The molecule has 172 valence electrons. The smallest absolute Gasteiger partial charge is 0.177 e. The lowest BCUT2D eigenvalue weighted by molar-refractivity contribution is -0.875. The van der Waals surface area contributed by atoms with Crippen molar-refractivity contribution in [1.29, 1.82) is 0 Å². The van der Waals surface area contributed by atoms with E-state index in [1.54, 1.807) is 0 Å².